The molecule has 3 nitrogen and oxygen atoms in total. The van der Waals surface area contributed by atoms with Crippen molar-refractivity contribution in [2.45, 2.75) is 39.3 Å². The first-order chi connectivity index (χ1) is 12.7. The zero-order chi connectivity index (χ0) is 18.6. The molecule has 0 unspecified atom stereocenters. The van der Waals surface area contributed by atoms with Crippen LogP contribution in [0.3, 0.4) is 0 Å². The summed E-state index contributed by atoms with van der Waals surface area (Å²) in [6.07, 6.45) is 3.31. The van der Waals surface area contributed by atoms with Gasteiger partial charge in [-0.3, -0.25) is 0 Å². The fourth-order valence-electron chi connectivity index (χ4n) is 2.48. The Morgan fingerprint density at radius 3 is 2.42 bits per heavy atom. The molecule has 2 aromatic rings. The van der Waals surface area contributed by atoms with Crippen LogP contribution < -0.4 is 10.1 Å². The van der Waals surface area contributed by atoms with E-state index in [2.05, 4.69) is 18.3 Å². The molecule has 0 saturated carbocycles. The van der Waals surface area contributed by atoms with Crippen molar-refractivity contribution in [1.82, 2.24) is 5.32 Å². The predicted octanol–water partition coefficient (Wildman–Crippen LogP) is 5.87. The smallest absolute Gasteiger partial charge is 0.124 e. The number of ether oxygens (including phenoxy) is 2. The van der Waals surface area contributed by atoms with Crippen LogP contribution in [0.5, 0.6) is 5.75 Å². The molecule has 0 heterocycles. The number of unbranched alkanes of at least 4 members (excludes halogenated alkanes) is 1. The highest BCUT2D eigenvalue weighted by Crippen LogP contribution is 2.27. The van der Waals surface area contributed by atoms with E-state index in [0.29, 0.717) is 16.7 Å². The van der Waals surface area contributed by atoms with Crippen LogP contribution in [0, 0.1) is 0 Å². The van der Waals surface area contributed by atoms with Gasteiger partial charge < -0.3 is 14.8 Å². The highest BCUT2D eigenvalue weighted by atomic mass is 35.5. The molecule has 0 radical (unpaired) electrons. The Morgan fingerprint density at radius 1 is 0.923 bits per heavy atom. The van der Waals surface area contributed by atoms with Crippen molar-refractivity contribution in [2.24, 2.45) is 0 Å². The van der Waals surface area contributed by atoms with Crippen LogP contribution in [0.4, 0.5) is 0 Å². The predicted molar refractivity (Wildman–Crippen MR) is 109 cm³/mol. The van der Waals surface area contributed by atoms with E-state index in [9.17, 15) is 0 Å². The summed E-state index contributed by atoms with van der Waals surface area (Å²) in [4.78, 5) is 0. The molecule has 142 valence electrons. The van der Waals surface area contributed by atoms with E-state index in [1.165, 1.54) is 6.42 Å². The maximum Gasteiger partial charge on any atom is 0.124 e. The van der Waals surface area contributed by atoms with Crippen LogP contribution in [0.15, 0.2) is 42.5 Å². The van der Waals surface area contributed by atoms with Gasteiger partial charge >= 0.3 is 0 Å². The molecule has 2 rings (SSSR count). The van der Waals surface area contributed by atoms with Crippen molar-refractivity contribution in [2.75, 3.05) is 19.8 Å². The Morgan fingerprint density at radius 2 is 1.65 bits per heavy atom. The van der Waals surface area contributed by atoms with Gasteiger partial charge in [0.25, 0.3) is 0 Å². The number of benzene rings is 2. The lowest BCUT2D eigenvalue weighted by atomic mass is 10.2. The third kappa shape index (κ3) is 7.16. The number of rotatable bonds is 12. The van der Waals surface area contributed by atoms with E-state index in [1.807, 2.05) is 36.4 Å². The van der Waals surface area contributed by atoms with Crippen molar-refractivity contribution in [3.05, 3.63) is 63.6 Å². The van der Waals surface area contributed by atoms with Crippen LogP contribution in [0.25, 0.3) is 0 Å². The van der Waals surface area contributed by atoms with Crippen molar-refractivity contribution < 1.29 is 9.47 Å². The number of halogens is 2. The van der Waals surface area contributed by atoms with Gasteiger partial charge in [-0.05, 0) is 37.6 Å². The largest absolute Gasteiger partial charge is 0.488 e. The summed E-state index contributed by atoms with van der Waals surface area (Å²) in [5, 5.41) is 4.68. The summed E-state index contributed by atoms with van der Waals surface area (Å²) in [5.41, 5.74) is 1.92. The molecule has 5 heteroatoms. The molecule has 0 fully saturated rings. The number of para-hydroxylation sites is 1. The Balaban J connectivity index is 1.78. The van der Waals surface area contributed by atoms with Gasteiger partial charge in [-0.1, -0.05) is 60.8 Å². The quantitative estimate of drug-likeness (QED) is 0.455. The minimum absolute atomic E-state index is 0.348. The van der Waals surface area contributed by atoms with Crippen molar-refractivity contribution in [3.8, 4) is 5.75 Å². The molecule has 0 amide bonds. The van der Waals surface area contributed by atoms with Gasteiger partial charge in [-0.25, -0.2) is 0 Å². The molecular weight excluding hydrogens is 369 g/mol. The number of hydrogen-bond acceptors (Lipinski definition) is 3. The molecule has 0 aliphatic rings. The second-order valence-corrected chi connectivity index (χ2v) is 6.91. The summed E-state index contributed by atoms with van der Waals surface area (Å²) in [7, 11) is 0. The van der Waals surface area contributed by atoms with Crippen LogP contribution in [-0.4, -0.2) is 19.8 Å². The van der Waals surface area contributed by atoms with Gasteiger partial charge in [-0.15, -0.1) is 0 Å². The van der Waals surface area contributed by atoms with Crippen LogP contribution in [0.2, 0.25) is 10.0 Å². The first-order valence-corrected chi connectivity index (χ1v) is 9.90. The fraction of sp³-hybridized carbons (Fsp3) is 0.429. The summed E-state index contributed by atoms with van der Waals surface area (Å²) in [6, 6.07) is 13.5. The molecular formula is C21H27Cl2NO2. The Hall–Kier alpha value is -1.26. The lowest BCUT2D eigenvalue weighted by Gasteiger charge is -2.14. The first-order valence-electron chi connectivity index (χ1n) is 9.14. The molecule has 0 saturated heterocycles. The summed E-state index contributed by atoms with van der Waals surface area (Å²) < 4.78 is 11.5. The maximum absolute atomic E-state index is 6.21. The molecule has 0 aromatic heterocycles. The fourth-order valence-corrected chi connectivity index (χ4v) is 2.99. The van der Waals surface area contributed by atoms with Gasteiger partial charge in [0.2, 0.25) is 0 Å². The molecule has 0 aliphatic carbocycles. The van der Waals surface area contributed by atoms with Crippen molar-refractivity contribution in [1.29, 1.82) is 0 Å². The normalized spacial score (nSPS) is 10.9. The topological polar surface area (TPSA) is 30.5 Å². The molecule has 0 bridgehead atoms. The first kappa shape index (κ1) is 21.0. The van der Waals surface area contributed by atoms with Crippen molar-refractivity contribution in [3.63, 3.8) is 0 Å². The van der Waals surface area contributed by atoms with E-state index in [4.69, 9.17) is 32.7 Å². The second kappa shape index (κ2) is 12.2. The average Bonchev–Trinajstić information content (AvgIpc) is 2.64. The van der Waals surface area contributed by atoms with Gasteiger partial charge in [0.1, 0.15) is 12.4 Å². The Bertz CT molecular complexity index is 644. The average molecular weight is 396 g/mol. The van der Waals surface area contributed by atoms with Crippen LogP contribution in [0.1, 0.15) is 37.3 Å². The van der Waals surface area contributed by atoms with E-state index in [1.54, 1.807) is 0 Å². The highest BCUT2D eigenvalue weighted by Gasteiger charge is 2.08. The summed E-state index contributed by atoms with van der Waals surface area (Å²) in [5.74, 6) is 0.843. The monoisotopic (exact) mass is 395 g/mol. The summed E-state index contributed by atoms with van der Waals surface area (Å²) >= 11 is 12.4. The zero-order valence-electron chi connectivity index (χ0n) is 15.3. The van der Waals surface area contributed by atoms with Crippen molar-refractivity contribution >= 4 is 23.2 Å². The standard InChI is InChI=1S/C21H27Cl2NO2/c1-2-3-13-25-14-7-12-24-15-17-8-4-5-11-21(17)26-16-18-19(22)9-6-10-20(18)23/h4-6,8-11,24H,2-3,7,12-16H2,1H3. The third-order valence-corrected chi connectivity index (χ3v) is 4.71. The Kier molecular flexibility index (Phi) is 9.86. The van der Waals surface area contributed by atoms with Gasteiger partial charge in [0, 0.05) is 40.9 Å². The SMILES string of the molecule is CCCCOCCCNCc1ccccc1OCc1c(Cl)cccc1Cl. The molecule has 1 N–H and O–H groups in total. The minimum Gasteiger partial charge on any atom is -0.488 e. The van der Waals surface area contributed by atoms with Crippen LogP contribution >= 0.6 is 23.2 Å². The molecule has 2 aromatic carbocycles. The lowest BCUT2D eigenvalue weighted by Crippen LogP contribution is -2.17. The number of hydrogen-bond donors (Lipinski definition) is 1. The van der Waals surface area contributed by atoms with E-state index in [0.717, 1.165) is 56.0 Å². The highest BCUT2D eigenvalue weighted by molar-refractivity contribution is 6.35. The maximum atomic E-state index is 6.21. The molecule has 26 heavy (non-hydrogen) atoms. The van der Waals surface area contributed by atoms with E-state index >= 15 is 0 Å². The zero-order valence-corrected chi connectivity index (χ0v) is 16.8. The van der Waals surface area contributed by atoms with E-state index in [-0.39, 0.29) is 0 Å². The van der Waals surface area contributed by atoms with Gasteiger partial charge in [0.15, 0.2) is 0 Å². The third-order valence-electron chi connectivity index (χ3n) is 4.01. The lowest BCUT2D eigenvalue weighted by molar-refractivity contribution is 0.128. The van der Waals surface area contributed by atoms with E-state index < -0.39 is 0 Å². The van der Waals surface area contributed by atoms with Gasteiger partial charge in [-0.2, -0.15) is 0 Å². The molecule has 0 aliphatic heterocycles. The number of nitrogens with one attached hydrogen (secondary N) is 1. The Labute approximate surface area is 166 Å². The molecule has 0 spiro atoms. The summed E-state index contributed by atoms with van der Waals surface area (Å²) in [6.45, 7) is 5.84. The minimum atomic E-state index is 0.348. The molecule has 0 atom stereocenters. The van der Waals surface area contributed by atoms with Gasteiger partial charge in [0.05, 0.1) is 0 Å². The second-order valence-electron chi connectivity index (χ2n) is 6.09. The van der Waals surface area contributed by atoms with Crippen LogP contribution in [-0.2, 0) is 17.9 Å².